The molecule has 3 aliphatic rings. The van der Waals surface area contributed by atoms with Crippen LogP contribution < -0.4 is 26.0 Å². The largest absolute Gasteiger partial charge is 0.483 e. The highest BCUT2D eigenvalue weighted by atomic mass is 19.1. The van der Waals surface area contributed by atoms with E-state index < -0.39 is 54.3 Å². The van der Waals surface area contributed by atoms with Crippen molar-refractivity contribution in [3.05, 3.63) is 71.2 Å². The zero-order valence-corrected chi connectivity index (χ0v) is 30.9. The molecule has 19 nitrogen and oxygen atoms in total. The number of carbonyl (C=O) groups is 6. The third-order valence-electron chi connectivity index (χ3n) is 9.34. The normalized spacial score (nSPS) is 16.8. The van der Waals surface area contributed by atoms with Gasteiger partial charge in [-0.15, -0.1) is 0 Å². The predicted molar refractivity (Wildman–Crippen MR) is 199 cm³/mol. The van der Waals surface area contributed by atoms with Gasteiger partial charge < -0.3 is 30.2 Å². The molecule has 6 amide bonds. The van der Waals surface area contributed by atoms with Gasteiger partial charge in [-0.2, -0.15) is 15.0 Å². The summed E-state index contributed by atoms with van der Waals surface area (Å²) in [4.78, 5) is 85.0. The summed E-state index contributed by atoms with van der Waals surface area (Å²) in [5.74, 6) is -3.30. The SMILES string of the molecule is N#Cc1cnc2c(cnn2-c2cc(NC3CC3)c(C(=O)NCC(F)COCCOCCNC(=O)COc3cccc4c3C(=O)N(C3CCC(=O)NC3=O)C4=O)cn2)c1. The fourth-order valence-electron chi connectivity index (χ4n) is 6.31. The molecule has 0 radical (unpaired) electrons. The second-order valence-corrected chi connectivity index (χ2v) is 13.6. The third-order valence-corrected chi connectivity index (χ3v) is 9.34. The molecule has 0 spiro atoms. The van der Waals surface area contributed by atoms with Crippen LogP contribution in [0, 0.1) is 11.3 Å². The van der Waals surface area contributed by atoms with Gasteiger partial charge in [0.2, 0.25) is 11.8 Å². The summed E-state index contributed by atoms with van der Waals surface area (Å²) in [7, 11) is 0. The number of benzene rings is 1. The molecule has 5 heterocycles. The molecule has 20 heteroatoms. The summed E-state index contributed by atoms with van der Waals surface area (Å²) < 4.78 is 32.5. The van der Waals surface area contributed by atoms with Crippen molar-refractivity contribution in [2.45, 2.75) is 43.9 Å². The van der Waals surface area contributed by atoms with Gasteiger partial charge in [-0.3, -0.25) is 39.0 Å². The molecule has 4 N–H and O–H groups in total. The van der Waals surface area contributed by atoms with Gasteiger partial charge in [-0.1, -0.05) is 6.07 Å². The van der Waals surface area contributed by atoms with Crippen molar-refractivity contribution in [3.63, 3.8) is 0 Å². The average molecular weight is 797 g/mol. The summed E-state index contributed by atoms with van der Waals surface area (Å²) in [5.41, 5.74) is 1.61. The zero-order chi connectivity index (χ0) is 40.8. The molecule has 4 aromatic rings. The number of hydrogen-bond donors (Lipinski definition) is 4. The Kier molecular flexibility index (Phi) is 11.9. The zero-order valence-electron chi connectivity index (χ0n) is 30.9. The highest BCUT2D eigenvalue weighted by molar-refractivity contribution is 6.24. The predicted octanol–water partition coefficient (Wildman–Crippen LogP) is 0.959. The molecule has 2 unspecified atom stereocenters. The number of carbonyl (C=O) groups excluding carboxylic acids is 6. The fourth-order valence-corrected chi connectivity index (χ4v) is 6.31. The Labute approximate surface area is 329 Å². The van der Waals surface area contributed by atoms with Crippen molar-refractivity contribution in [1.29, 1.82) is 5.26 Å². The number of nitrogens with one attached hydrogen (secondary N) is 4. The van der Waals surface area contributed by atoms with E-state index in [-0.39, 0.29) is 80.8 Å². The van der Waals surface area contributed by atoms with Crippen LogP contribution in [0.1, 0.15) is 62.3 Å². The lowest BCUT2D eigenvalue weighted by Gasteiger charge is -2.27. The van der Waals surface area contributed by atoms with Crippen molar-refractivity contribution in [2.75, 3.05) is 51.4 Å². The number of rotatable bonds is 18. The minimum Gasteiger partial charge on any atom is -0.483 e. The van der Waals surface area contributed by atoms with Gasteiger partial charge in [-0.05, 0) is 37.5 Å². The summed E-state index contributed by atoms with van der Waals surface area (Å²) in [5, 5.41) is 24.8. The van der Waals surface area contributed by atoms with E-state index in [4.69, 9.17) is 19.5 Å². The summed E-state index contributed by atoms with van der Waals surface area (Å²) >= 11 is 0. The molecule has 58 heavy (non-hydrogen) atoms. The van der Waals surface area contributed by atoms with Crippen LogP contribution in [0.4, 0.5) is 10.1 Å². The highest BCUT2D eigenvalue weighted by Gasteiger charge is 2.46. The summed E-state index contributed by atoms with van der Waals surface area (Å²) in [6.45, 7) is -0.684. The number of anilines is 1. The lowest BCUT2D eigenvalue weighted by atomic mass is 10.0. The van der Waals surface area contributed by atoms with E-state index in [0.29, 0.717) is 28.1 Å². The molecule has 1 aliphatic carbocycles. The summed E-state index contributed by atoms with van der Waals surface area (Å²) in [6, 6.07) is 8.80. The number of aromatic nitrogens is 4. The molecule has 2 aliphatic heterocycles. The van der Waals surface area contributed by atoms with Crippen LogP contribution in [0.15, 0.2) is 48.9 Å². The molecular formula is C38H37FN10O9. The molecule has 3 aromatic heterocycles. The first-order valence-electron chi connectivity index (χ1n) is 18.4. The molecule has 2 fully saturated rings. The summed E-state index contributed by atoms with van der Waals surface area (Å²) in [6.07, 6.45) is 4.79. The van der Waals surface area contributed by atoms with Gasteiger partial charge in [0.05, 0.1) is 67.1 Å². The number of piperidine rings is 1. The standard InChI is InChI=1S/C38H37FN10O9/c39-23(17-44-35(52)26-18-42-30(13-27(26)46-24-4-5-24)49-34-22(16-45-49)12-21(14-40)15-43-34)19-57-11-10-56-9-8-41-32(51)20-58-29-3-1-2-25-33(29)38(55)48(37(25)54)28-6-7-31(50)47-36(28)53/h1-3,12-13,15-16,18,23-24,28H,4-11,17,19-20H2,(H,41,51)(H,42,46)(H,44,52)(H,47,50,53). The molecular weight excluding hydrogens is 759 g/mol. The number of nitriles is 1. The van der Waals surface area contributed by atoms with Crippen molar-refractivity contribution < 1.29 is 47.4 Å². The van der Waals surface area contributed by atoms with Gasteiger partial charge in [0.1, 0.15) is 24.0 Å². The fraction of sp³-hybridized carbons (Fsp3) is 0.368. The second kappa shape index (κ2) is 17.5. The van der Waals surface area contributed by atoms with E-state index in [2.05, 4.69) is 36.3 Å². The van der Waals surface area contributed by atoms with Crippen LogP contribution in [0.25, 0.3) is 16.9 Å². The average Bonchev–Trinajstić information content (AvgIpc) is 3.88. The maximum atomic E-state index is 14.6. The lowest BCUT2D eigenvalue weighted by molar-refractivity contribution is -0.136. The number of nitrogens with zero attached hydrogens (tertiary/aromatic N) is 6. The molecule has 7 rings (SSSR count). The first-order valence-corrected chi connectivity index (χ1v) is 18.4. The maximum Gasteiger partial charge on any atom is 0.266 e. The van der Waals surface area contributed by atoms with Crippen LogP contribution in [0.5, 0.6) is 5.75 Å². The highest BCUT2D eigenvalue weighted by Crippen LogP contribution is 2.34. The quantitative estimate of drug-likeness (QED) is 0.0809. The Morgan fingerprint density at radius 3 is 2.62 bits per heavy atom. The maximum absolute atomic E-state index is 14.6. The van der Waals surface area contributed by atoms with Crippen molar-refractivity contribution in [2.24, 2.45) is 0 Å². The van der Waals surface area contributed by atoms with Crippen molar-refractivity contribution >= 4 is 52.2 Å². The second-order valence-electron chi connectivity index (χ2n) is 13.6. The number of hydrogen-bond acceptors (Lipinski definition) is 14. The van der Waals surface area contributed by atoms with Gasteiger partial charge in [0.15, 0.2) is 18.1 Å². The number of fused-ring (bicyclic) bond motifs is 2. The van der Waals surface area contributed by atoms with Crippen LogP contribution in [0.3, 0.4) is 0 Å². The van der Waals surface area contributed by atoms with E-state index in [0.717, 1.165) is 17.7 Å². The van der Waals surface area contributed by atoms with E-state index in [9.17, 15) is 33.2 Å². The third kappa shape index (κ3) is 8.90. The molecule has 1 aromatic carbocycles. The number of halogens is 1. The first-order chi connectivity index (χ1) is 28.1. The van der Waals surface area contributed by atoms with Crippen LogP contribution in [0.2, 0.25) is 0 Å². The molecule has 1 saturated heterocycles. The van der Waals surface area contributed by atoms with E-state index in [1.165, 1.54) is 35.3 Å². The lowest BCUT2D eigenvalue weighted by Crippen LogP contribution is -2.54. The Morgan fingerprint density at radius 2 is 1.83 bits per heavy atom. The molecule has 2 atom stereocenters. The number of imide groups is 2. The number of pyridine rings is 2. The van der Waals surface area contributed by atoms with Crippen molar-refractivity contribution in [1.82, 2.24) is 40.6 Å². The van der Waals surface area contributed by atoms with Crippen LogP contribution >= 0.6 is 0 Å². The minimum atomic E-state index is -1.50. The van der Waals surface area contributed by atoms with Gasteiger partial charge in [0, 0.05) is 42.9 Å². The Bertz CT molecular complexity index is 2320. The number of ether oxygens (including phenoxy) is 3. The van der Waals surface area contributed by atoms with E-state index >= 15 is 0 Å². The Hall–Kier alpha value is -6.85. The van der Waals surface area contributed by atoms with Crippen LogP contribution in [-0.4, -0.2) is 124 Å². The monoisotopic (exact) mass is 796 g/mol. The van der Waals surface area contributed by atoms with Gasteiger partial charge in [0.25, 0.3) is 23.6 Å². The Balaban J connectivity index is 0.787. The number of alkyl halides is 1. The smallest absolute Gasteiger partial charge is 0.266 e. The van der Waals surface area contributed by atoms with E-state index in [1.807, 2.05) is 6.07 Å². The Morgan fingerprint density at radius 1 is 1.00 bits per heavy atom. The van der Waals surface area contributed by atoms with Crippen molar-refractivity contribution in [3.8, 4) is 17.6 Å². The molecule has 300 valence electrons. The topological polar surface area (TPSA) is 249 Å². The van der Waals surface area contributed by atoms with Gasteiger partial charge in [-0.25, -0.2) is 14.4 Å². The minimum absolute atomic E-state index is 0.00274. The molecule has 0 bridgehead atoms. The molecule has 1 saturated carbocycles. The van der Waals surface area contributed by atoms with Crippen LogP contribution in [-0.2, 0) is 23.9 Å². The first kappa shape index (κ1) is 39.4. The van der Waals surface area contributed by atoms with Gasteiger partial charge >= 0.3 is 0 Å². The number of amides is 6. The van der Waals surface area contributed by atoms with E-state index in [1.54, 1.807) is 18.3 Å².